The van der Waals surface area contributed by atoms with Crippen LogP contribution in [-0.2, 0) is 16.6 Å². The van der Waals surface area contributed by atoms with Gasteiger partial charge in [-0.25, -0.2) is 4.79 Å². The van der Waals surface area contributed by atoms with Crippen molar-refractivity contribution in [2.45, 2.75) is 13.8 Å². The number of carbonyl (C=O) groups excluding carboxylic acids is 1. The maximum atomic E-state index is 11.3. The van der Waals surface area contributed by atoms with E-state index in [9.17, 15) is 4.79 Å². The molecule has 0 saturated heterocycles. The van der Waals surface area contributed by atoms with E-state index in [0.29, 0.717) is 12.2 Å². The molecule has 1 heterocycles. The van der Waals surface area contributed by atoms with E-state index >= 15 is 0 Å². The van der Waals surface area contributed by atoms with E-state index in [1.165, 1.54) is 0 Å². The van der Waals surface area contributed by atoms with Gasteiger partial charge in [0.2, 0.25) is 0 Å². The topological polar surface area (TPSA) is 31.2 Å². The van der Waals surface area contributed by atoms with Crippen LogP contribution in [0.3, 0.4) is 0 Å². The molecule has 0 spiro atoms. The average molecular weight is 271 g/mol. The van der Waals surface area contributed by atoms with E-state index in [2.05, 4.69) is 0 Å². The van der Waals surface area contributed by atoms with Gasteiger partial charge in [-0.2, -0.15) is 0 Å². The van der Waals surface area contributed by atoms with E-state index < -0.39 is 0 Å². The Morgan fingerprint density at radius 1 is 1.25 bits per heavy atom. The fourth-order valence-corrected chi connectivity index (χ4v) is 1.51. The van der Waals surface area contributed by atoms with Crippen LogP contribution in [0.15, 0.2) is 60.4 Å². The summed E-state index contributed by atoms with van der Waals surface area (Å²) < 4.78 is 6.93. The number of carbonyl (C=O) groups is 1. The lowest BCUT2D eigenvalue weighted by molar-refractivity contribution is -0.138. The molecule has 0 radical (unpaired) electrons. The zero-order valence-electron chi connectivity index (χ0n) is 12.2. The van der Waals surface area contributed by atoms with Crippen LogP contribution in [0.2, 0.25) is 0 Å². The van der Waals surface area contributed by atoms with Crippen molar-refractivity contribution in [3.63, 3.8) is 0 Å². The summed E-state index contributed by atoms with van der Waals surface area (Å²) in [4.78, 5) is 11.3. The Morgan fingerprint density at radius 2 is 1.95 bits per heavy atom. The van der Waals surface area contributed by atoms with Crippen molar-refractivity contribution in [2.24, 2.45) is 7.05 Å². The first-order valence-corrected chi connectivity index (χ1v) is 6.62. The van der Waals surface area contributed by atoms with E-state index in [0.717, 1.165) is 5.69 Å². The quantitative estimate of drug-likeness (QED) is 0.449. The Kier molecular flexibility index (Phi) is 6.90. The third-order valence-electron chi connectivity index (χ3n) is 2.64. The van der Waals surface area contributed by atoms with Crippen LogP contribution < -0.4 is 0 Å². The molecule has 0 aromatic carbocycles. The number of nitrogens with zero attached hydrogens (tertiary/aromatic N) is 1. The molecule has 1 aromatic heterocycles. The third-order valence-corrected chi connectivity index (χ3v) is 2.64. The molecular formula is C17H21NO2. The van der Waals surface area contributed by atoms with Crippen LogP contribution in [0, 0.1) is 0 Å². The molecule has 0 N–H and O–H groups in total. The summed E-state index contributed by atoms with van der Waals surface area (Å²) in [6.45, 7) is 3.93. The van der Waals surface area contributed by atoms with Gasteiger partial charge in [0.15, 0.2) is 0 Å². The number of esters is 1. The fourth-order valence-electron chi connectivity index (χ4n) is 1.51. The molecule has 20 heavy (non-hydrogen) atoms. The van der Waals surface area contributed by atoms with Crippen molar-refractivity contribution in [1.29, 1.82) is 0 Å². The number of aryl methyl sites for hydroxylation is 1. The van der Waals surface area contributed by atoms with Crippen LogP contribution in [0.1, 0.15) is 19.5 Å². The van der Waals surface area contributed by atoms with E-state index in [4.69, 9.17) is 4.74 Å². The lowest BCUT2D eigenvalue weighted by Crippen LogP contribution is -2.04. The van der Waals surface area contributed by atoms with Crippen molar-refractivity contribution >= 4 is 12.0 Å². The van der Waals surface area contributed by atoms with E-state index in [1.807, 2.05) is 66.4 Å². The molecule has 0 fully saturated rings. The lowest BCUT2D eigenvalue weighted by Gasteiger charge is -1.98. The van der Waals surface area contributed by atoms with Gasteiger partial charge in [-0.15, -0.1) is 0 Å². The smallest absolute Gasteiger partial charge is 0.333 e. The molecule has 0 aliphatic carbocycles. The van der Waals surface area contributed by atoms with Gasteiger partial charge in [0.05, 0.1) is 6.61 Å². The number of allylic oxidation sites excluding steroid dienone is 6. The van der Waals surface area contributed by atoms with E-state index in [-0.39, 0.29) is 5.97 Å². The normalized spacial score (nSPS) is 12.8. The predicted octanol–water partition coefficient (Wildman–Crippen LogP) is 3.66. The Morgan fingerprint density at radius 3 is 2.60 bits per heavy atom. The van der Waals surface area contributed by atoms with Gasteiger partial charge in [-0.05, 0) is 32.1 Å². The highest BCUT2D eigenvalue weighted by atomic mass is 16.5. The number of aromatic nitrogens is 1. The molecule has 0 aliphatic rings. The Balaban J connectivity index is 2.43. The van der Waals surface area contributed by atoms with Crippen LogP contribution in [-0.4, -0.2) is 17.1 Å². The van der Waals surface area contributed by atoms with Gasteiger partial charge in [-0.3, -0.25) is 0 Å². The van der Waals surface area contributed by atoms with Crippen molar-refractivity contribution < 1.29 is 9.53 Å². The number of rotatable bonds is 6. The molecule has 1 rings (SSSR count). The highest BCUT2D eigenvalue weighted by Crippen LogP contribution is 2.02. The molecule has 0 bridgehead atoms. The summed E-state index contributed by atoms with van der Waals surface area (Å²) in [7, 11) is 2.01. The first-order valence-electron chi connectivity index (χ1n) is 6.62. The summed E-state index contributed by atoms with van der Waals surface area (Å²) in [6.07, 6.45) is 15.3. The molecule has 3 nitrogen and oxygen atoms in total. The Labute approximate surface area is 120 Å². The largest absolute Gasteiger partial charge is 0.463 e. The number of hydrogen-bond acceptors (Lipinski definition) is 2. The third kappa shape index (κ3) is 5.57. The van der Waals surface area contributed by atoms with Gasteiger partial charge < -0.3 is 9.30 Å². The highest BCUT2D eigenvalue weighted by Gasteiger charge is 2.01. The number of ether oxygens (including phenoxy) is 1. The summed E-state index contributed by atoms with van der Waals surface area (Å²) in [5, 5.41) is 0. The van der Waals surface area contributed by atoms with Crippen molar-refractivity contribution in [1.82, 2.24) is 4.57 Å². The van der Waals surface area contributed by atoms with Gasteiger partial charge >= 0.3 is 5.97 Å². The van der Waals surface area contributed by atoms with Crippen molar-refractivity contribution in [3.8, 4) is 0 Å². The Bertz CT molecular complexity index is 545. The zero-order valence-corrected chi connectivity index (χ0v) is 12.2. The molecule has 0 aliphatic heterocycles. The van der Waals surface area contributed by atoms with E-state index in [1.54, 1.807) is 19.9 Å². The molecule has 3 heteroatoms. The molecule has 1 aromatic rings. The summed E-state index contributed by atoms with van der Waals surface area (Å²) >= 11 is 0. The molecule has 0 unspecified atom stereocenters. The second kappa shape index (κ2) is 8.75. The van der Waals surface area contributed by atoms with Gasteiger partial charge in [-0.1, -0.05) is 36.5 Å². The molecular weight excluding hydrogens is 250 g/mol. The minimum absolute atomic E-state index is 0.273. The summed E-state index contributed by atoms with van der Waals surface area (Å²) in [5.74, 6) is -0.273. The predicted molar refractivity (Wildman–Crippen MR) is 83.1 cm³/mol. The minimum Gasteiger partial charge on any atom is -0.463 e. The average Bonchev–Trinajstić information content (AvgIpc) is 2.83. The SMILES string of the molecule is CCOC(=O)/C(C)=C/C=C/C=C/C=C/c1cccn1C. The van der Waals surface area contributed by atoms with Gasteiger partial charge in [0, 0.05) is 24.5 Å². The van der Waals surface area contributed by atoms with Crippen LogP contribution in [0.5, 0.6) is 0 Å². The minimum atomic E-state index is -0.273. The van der Waals surface area contributed by atoms with Gasteiger partial charge in [0.25, 0.3) is 0 Å². The monoisotopic (exact) mass is 271 g/mol. The molecule has 106 valence electrons. The first kappa shape index (κ1) is 15.8. The highest BCUT2D eigenvalue weighted by molar-refractivity contribution is 5.88. The maximum absolute atomic E-state index is 11.3. The Hall–Kier alpha value is -2.29. The zero-order chi connectivity index (χ0) is 14.8. The molecule has 0 amide bonds. The molecule has 0 saturated carbocycles. The van der Waals surface area contributed by atoms with Crippen molar-refractivity contribution in [3.05, 3.63) is 66.1 Å². The van der Waals surface area contributed by atoms with Crippen LogP contribution in [0.4, 0.5) is 0 Å². The standard InChI is InChI=1S/C17H21NO2/c1-4-20-17(19)15(2)11-8-6-5-7-9-12-16-13-10-14-18(16)3/h5-14H,4H2,1-3H3/b7-5+,8-6+,12-9+,15-11+. The fraction of sp³-hybridized carbons (Fsp3) is 0.235. The summed E-state index contributed by atoms with van der Waals surface area (Å²) in [5.41, 5.74) is 1.74. The molecule has 0 atom stereocenters. The maximum Gasteiger partial charge on any atom is 0.333 e. The lowest BCUT2D eigenvalue weighted by atomic mass is 10.2. The second-order valence-electron chi connectivity index (χ2n) is 4.24. The first-order chi connectivity index (χ1) is 9.65. The summed E-state index contributed by atoms with van der Waals surface area (Å²) in [6, 6.07) is 4.05. The second-order valence-corrected chi connectivity index (χ2v) is 4.24. The van der Waals surface area contributed by atoms with Crippen molar-refractivity contribution in [2.75, 3.05) is 6.61 Å². The van der Waals surface area contributed by atoms with Crippen LogP contribution in [0.25, 0.3) is 6.08 Å². The van der Waals surface area contributed by atoms with Gasteiger partial charge in [0.1, 0.15) is 0 Å². The number of hydrogen-bond donors (Lipinski definition) is 0. The van der Waals surface area contributed by atoms with Crippen LogP contribution >= 0.6 is 0 Å².